The average molecular weight is 1170 g/mol. The predicted octanol–water partition coefficient (Wildman–Crippen LogP) is 17.0. The zero-order valence-electron chi connectivity index (χ0n) is 53.3. The molecule has 0 unspecified atom stereocenters. The van der Waals surface area contributed by atoms with Gasteiger partial charge in [0.1, 0.15) is 11.4 Å². The molecule has 4 aromatic heterocycles. The molecular weight excluding hydrogens is 1100 g/mol. The fourth-order valence-corrected chi connectivity index (χ4v) is 10.0. The number of hydrogen-bond donors (Lipinski definition) is 0. The Kier molecular flexibility index (Phi) is 9.84. The molecule has 374 valence electrons. The smallest absolute Gasteiger partial charge is 0.268 e. The number of nitrogens with zero attached hydrogens (tertiary/aromatic N) is 4. The van der Waals surface area contributed by atoms with Crippen molar-refractivity contribution < 1.29 is 43.8 Å². The molecule has 0 radical (unpaired) electrons. The maximum absolute atomic E-state index is 9.55. The van der Waals surface area contributed by atoms with Gasteiger partial charge in [0.05, 0.1) is 42.1 Å². The molecule has 0 fully saturated rings. The SMILES string of the molecule is [2H]c1c([2H])c([2H])c(-c2cc(-c3cc(C(C)(C)C)cc(-c4c([2H])c([2H])c([2H])c([2H])c4[2H])c3-[n+]3[c-]n(-c4[c-]c(Cc5[c-]c6c(cc5)c5ccccc5n6-c5nccc6occc56)cc(C(C)(C)C)c4)c4ccccc43)cc(C(C)(C)C)c2)c([2H])c1[2H].[Pt]. The van der Waals surface area contributed by atoms with Crippen molar-refractivity contribution in [1.29, 1.82) is 0 Å². The fourth-order valence-electron chi connectivity index (χ4n) is 10.0. The van der Waals surface area contributed by atoms with Crippen LogP contribution in [0.4, 0.5) is 0 Å². The zero-order chi connectivity index (χ0) is 59.8. The number of furan rings is 1. The molecule has 0 aliphatic rings. The molecule has 8 aromatic carbocycles. The van der Waals surface area contributed by atoms with Gasteiger partial charge in [0.2, 0.25) is 0 Å². The topological polar surface area (TPSA) is 39.8 Å². The van der Waals surface area contributed by atoms with E-state index in [-0.39, 0.29) is 61.8 Å². The van der Waals surface area contributed by atoms with Crippen LogP contribution in [0.25, 0.3) is 94.4 Å². The van der Waals surface area contributed by atoms with Crippen LogP contribution in [0.15, 0.2) is 193 Å². The molecule has 0 aliphatic carbocycles. The van der Waals surface area contributed by atoms with Gasteiger partial charge in [-0.3, -0.25) is 4.57 Å². The van der Waals surface area contributed by atoms with Crippen LogP contribution in [0.1, 0.15) is 104 Å². The normalized spacial score (nSPS) is 14.1. The van der Waals surface area contributed by atoms with E-state index >= 15 is 0 Å². The maximum Gasteiger partial charge on any atom is 0.268 e. The average Bonchev–Trinajstić information content (AvgIpc) is 1.81. The second-order valence-corrected chi connectivity index (χ2v) is 22.3. The van der Waals surface area contributed by atoms with E-state index in [1.54, 1.807) is 12.5 Å². The van der Waals surface area contributed by atoms with Crippen LogP contribution in [-0.4, -0.2) is 14.1 Å². The van der Waals surface area contributed by atoms with Crippen LogP contribution < -0.4 is 4.57 Å². The monoisotopic (exact) mass is 1170 g/mol. The Morgan fingerprint density at radius 3 is 1.91 bits per heavy atom. The van der Waals surface area contributed by atoms with E-state index in [0.717, 1.165) is 71.9 Å². The largest absolute Gasteiger partial charge is 0.464 e. The van der Waals surface area contributed by atoms with Gasteiger partial charge in [-0.1, -0.05) is 195 Å². The first-order valence-corrected chi connectivity index (χ1v) is 25.0. The van der Waals surface area contributed by atoms with E-state index in [0.29, 0.717) is 45.6 Å². The van der Waals surface area contributed by atoms with Crippen molar-refractivity contribution in [2.45, 2.75) is 85.0 Å². The third-order valence-electron chi connectivity index (χ3n) is 14.0. The van der Waals surface area contributed by atoms with Crippen molar-refractivity contribution in [3.63, 3.8) is 0 Å². The Hall–Kier alpha value is -7.59. The van der Waals surface area contributed by atoms with Gasteiger partial charge in [0, 0.05) is 32.8 Å². The summed E-state index contributed by atoms with van der Waals surface area (Å²) in [7, 11) is 0. The van der Waals surface area contributed by atoms with Gasteiger partial charge in [0.25, 0.3) is 6.33 Å². The van der Waals surface area contributed by atoms with Crippen molar-refractivity contribution in [3.05, 3.63) is 234 Å². The summed E-state index contributed by atoms with van der Waals surface area (Å²) in [4.78, 5) is 4.89. The number of hydrogen-bond acceptors (Lipinski definition) is 2. The number of para-hydroxylation sites is 3. The molecule has 75 heavy (non-hydrogen) atoms. The third kappa shape index (κ3) is 9.16. The van der Waals surface area contributed by atoms with E-state index in [1.165, 1.54) is 0 Å². The molecule has 0 N–H and O–H groups in total. The second-order valence-electron chi connectivity index (χ2n) is 22.3. The van der Waals surface area contributed by atoms with E-state index in [4.69, 9.17) is 20.4 Å². The van der Waals surface area contributed by atoms with Crippen LogP contribution in [0, 0.1) is 18.5 Å². The second kappa shape index (κ2) is 19.0. The summed E-state index contributed by atoms with van der Waals surface area (Å²) in [5, 5.41) is 3.00. The molecule has 6 heteroatoms. The van der Waals surface area contributed by atoms with Crippen molar-refractivity contribution in [3.8, 4) is 50.6 Å². The number of aromatic nitrogens is 4. The number of imidazole rings is 1. The minimum Gasteiger partial charge on any atom is -0.464 e. The summed E-state index contributed by atoms with van der Waals surface area (Å²) in [6.45, 7) is 18.8. The van der Waals surface area contributed by atoms with Crippen molar-refractivity contribution in [1.82, 2.24) is 14.1 Å². The Morgan fingerprint density at radius 2 is 1.19 bits per heavy atom. The van der Waals surface area contributed by atoms with Crippen LogP contribution in [0.2, 0.25) is 0 Å². The van der Waals surface area contributed by atoms with Gasteiger partial charge in [-0.05, 0) is 103 Å². The van der Waals surface area contributed by atoms with Gasteiger partial charge in [-0.25, -0.2) is 4.98 Å². The molecule has 0 saturated heterocycles. The third-order valence-corrected chi connectivity index (χ3v) is 14.0. The number of pyridine rings is 1. The fraction of sp³-hybridized carbons (Fsp3) is 0.188. The molecule has 4 heterocycles. The minimum atomic E-state index is -0.558. The molecule has 0 atom stereocenters. The van der Waals surface area contributed by atoms with Crippen molar-refractivity contribution >= 4 is 43.8 Å². The summed E-state index contributed by atoms with van der Waals surface area (Å²) in [5.74, 6) is 0.745. The molecular formula is C69H60N4OPt-2. The maximum atomic E-state index is 9.55. The van der Waals surface area contributed by atoms with Crippen LogP contribution in [0.5, 0.6) is 0 Å². The molecule has 12 aromatic rings. The Bertz CT molecular complexity index is 4670. The first-order valence-electron chi connectivity index (χ1n) is 30.0. The molecule has 0 saturated carbocycles. The molecule has 0 aliphatic heterocycles. The molecule has 0 spiro atoms. The summed E-state index contributed by atoms with van der Waals surface area (Å²) in [5.41, 5.74) is 10.2. The van der Waals surface area contributed by atoms with E-state index in [9.17, 15) is 2.74 Å². The summed E-state index contributed by atoms with van der Waals surface area (Å²) < 4.78 is 102. The van der Waals surface area contributed by atoms with Gasteiger partial charge >= 0.3 is 0 Å². The van der Waals surface area contributed by atoms with Crippen LogP contribution >= 0.6 is 0 Å². The summed E-state index contributed by atoms with van der Waals surface area (Å²) in [6.07, 6.45) is 7.66. The van der Waals surface area contributed by atoms with E-state index in [1.807, 2.05) is 103 Å². The van der Waals surface area contributed by atoms with Crippen LogP contribution in [0.3, 0.4) is 0 Å². The zero-order valence-corrected chi connectivity index (χ0v) is 45.6. The van der Waals surface area contributed by atoms with Crippen molar-refractivity contribution in [2.75, 3.05) is 0 Å². The van der Waals surface area contributed by atoms with Crippen LogP contribution in [-0.2, 0) is 43.7 Å². The summed E-state index contributed by atoms with van der Waals surface area (Å²) >= 11 is 0. The van der Waals surface area contributed by atoms with E-state index < -0.39 is 47.1 Å². The van der Waals surface area contributed by atoms with Crippen molar-refractivity contribution in [2.24, 2.45) is 0 Å². The number of rotatable bonds is 8. The molecule has 12 rings (SSSR count). The minimum absolute atomic E-state index is 0. The standard InChI is InChI=1S/C69H60N4O.Pt/c1-67(2,3)51-35-46(34-45-28-29-56-55-24-16-17-25-60(55)73(63(56)37-45)66-57-31-33-74-64(57)30-32-70-66)36-54(41-51)71-44-72(62-27-19-18-26-61(62)71)65-58(48-22-14-11-15-23-48)42-53(69(7,8)9)43-59(65)50-38-49(47-20-12-10-13-21-47)39-52(40-50)68(4,5)6;/h10-33,35,38-43H,34H2,1-9H3;/q-2;/i10D,11D,12D,13D,14D,15D,20D,21D,22D,23D;. The van der Waals surface area contributed by atoms with Gasteiger partial charge in [0.15, 0.2) is 0 Å². The predicted molar refractivity (Wildman–Crippen MR) is 305 cm³/mol. The first-order chi connectivity index (χ1) is 39.7. The Morgan fingerprint density at radius 1 is 0.560 bits per heavy atom. The van der Waals surface area contributed by atoms with Gasteiger partial charge < -0.3 is 13.6 Å². The van der Waals surface area contributed by atoms with Gasteiger partial charge in [-0.2, -0.15) is 53.1 Å². The summed E-state index contributed by atoms with van der Waals surface area (Å²) in [6, 6.07) is 41.5. The first kappa shape index (κ1) is 38.9. The van der Waals surface area contributed by atoms with Gasteiger partial charge in [-0.15, -0.1) is 5.39 Å². The molecule has 0 amide bonds. The Balaban J connectivity index is 0.00000752. The van der Waals surface area contributed by atoms with E-state index in [2.05, 4.69) is 107 Å². The quantitative estimate of drug-likeness (QED) is 0.112. The number of benzene rings is 8. The Labute approximate surface area is 469 Å². The molecule has 5 nitrogen and oxygen atoms in total. The number of fused-ring (bicyclic) bond motifs is 5. The molecule has 0 bridgehead atoms.